The van der Waals surface area contributed by atoms with Crippen molar-refractivity contribution in [1.29, 1.82) is 0 Å². The Labute approximate surface area is 117 Å². The summed E-state index contributed by atoms with van der Waals surface area (Å²) in [5.74, 6) is 2.30. The van der Waals surface area contributed by atoms with E-state index in [9.17, 15) is 5.11 Å². The van der Waals surface area contributed by atoms with Gasteiger partial charge in [-0.05, 0) is 31.4 Å². The fraction of sp³-hybridized carbons (Fsp3) is 0.846. The average molecular weight is 283 g/mol. The summed E-state index contributed by atoms with van der Waals surface area (Å²) in [6.07, 6.45) is 5.23. The van der Waals surface area contributed by atoms with E-state index in [2.05, 4.69) is 10.3 Å². The van der Waals surface area contributed by atoms with Gasteiger partial charge in [0.2, 0.25) is 0 Å². The molecule has 106 valence electrons. The van der Waals surface area contributed by atoms with E-state index in [4.69, 9.17) is 4.74 Å². The zero-order valence-corrected chi connectivity index (χ0v) is 12.1. The van der Waals surface area contributed by atoms with Gasteiger partial charge in [-0.15, -0.1) is 5.10 Å². The Morgan fingerprint density at radius 1 is 1.68 bits per heavy atom. The summed E-state index contributed by atoms with van der Waals surface area (Å²) in [4.78, 5) is 0. The van der Waals surface area contributed by atoms with E-state index in [-0.39, 0.29) is 5.60 Å². The van der Waals surface area contributed by atoms with E-state index in [1.54, 1.807) is 0 Å². The van der Waals surface area contributed by atoms with Crippen molar-refractivity contribution in [3.05, 3.63) is 11.9 Å². The fourth-order valence-electron chi connectivity index (χ4n) is 2.92. The molecule has 5 nitrogen and oxygen atoms in total. The summed E-state index contributed by atoms with van der Waals surface area (Å²) in [7, 11) is 0. The molecule has 0 amide bonds. The van der Waals surface area contributed by atoms with Crippen LogP contribution in [-0.4, -0.2) is 43.8 Å². The van der Waals surface area contributed by atoms with Gasteiger partial charge in [-0.1, -0.05) is 12.1 Å². The number of aliphatic hydroxyl groups excluding tert-OH is 1. The van der Waals surface area contributed by atoms with Crippen molar-refractivity contribution in [2.45, 2.75) is 50.4 Å². The van der Waals surface area contributed by atoms with Crippen LogP contribution < -0.4 is 0 Å². The average Bonchev–Trinajstić information content (AvgIpc) is 3.08. The predicted octanol–water partition coefficient (Wildman–Crippen LogP) is 1.95. The molecule has 19 heavy (non-hydrogen) atoms. The van der Waals surface area contributed by atoms with Gasteiger partial charge in [-0.25, -0.2) is 4.68 Å². The lowest BCUT2D eigenvalue weighted by Gasteiger charge is -2.37. The summed E-state index contributed by atoms with van der Waals surface area (Å²) < 4.78 is 7.95. The number of aliphatic hydroxyl groups is 1. The number of aromatic nitrogens is 3. The monoisotopic (exact) mass is 283 g/mol. The van der Waals surface area contributed by atoms with Crippen molar-refractivity contribution < 1.29 is 9.84 Å². The SMILES string of the molecule is CCC(O)c1cn(C2CCOC3(CCSC3)C2)nn1. The Morgan fingerprint density at radius 3 is 3.32 bits per heavy atom. The van der Waals surface area contributed by atoms with Crippen LogP contribution in [0.4, 0.5) is 0 Å². The van der Waals surface area contributed by atoms with Gasteiger partial charge >= 0.3 is 0 Å². The number of nitrogens with zero attached hydrogens (tertiary/aromatic N) is 3. The lowest BCUT2D eigenvalue weighted by Crippen LogP contribution is -2.40. The number of ether oxygens (including phenoxy) is 1. The Balaban J connectivity index is 1.73. The minimum absolute atomic E-state index is 0.0586. The third-order valence-electron chi connectivity index (χ3n) is 4.16. The van der Waals surface area contributed by atoms with Gasteiger partial charge in [0.25, 0.3) is 0 Å². The largest absolute Gasteiger partial charge is 0.387 e. The van der Waals surface area contributed by atoms with Crippen molar-refractivity contribution in [3.8, 4) is 0 Å². The molecule has 2 aliphatic heterocycles. The number of rotatable bonds is 3. The lowest BCUT2D eigenvalue weighted by molar-refractivity contribution is -0.0780. The molecule has 2 saturated heterocycles. The summed E-state index contributed by atoms with van der Waals surface area (Å²) in [5.41, 5.74) is 0.743. The van der Waals surface area contributed by atoms with Crippen molar-refractivity contribution in [2.75, 3.05) is 18.1 Å². The van der Waals surface area contributed by atoms with Crippen LogP contribution in [0.1, 0.15) is 50.4 Å². The topological polar surface area (TPSA) is 60.2 Å². The quantitative estimate of drug-likeness (QED) is 0.918. The van der Waals surface area contributed by atoms with Crippen molar-refractivity contribution in [3.63, 3.8) is 0 Å². The van der Waals surface area contributed by atoms with Crippen LogP contribution in [0.25, 0.3) is 0 Å². The Hall–Kier alpha value is -0.590. The maximum absolute atomic E-state index is 9.80. The molecule has 0 radical (unpaired) electrons. The van der Waals surface area contributed by atoms with Crippen LogP contribution in [-0.2, 0) is 4.74 Å². The predicted molar refractivity (Wildman–Crippen MR) is 74.2 cm³/mol. The van der Waals surface area contributed by atoms with E-state index < -0.39 is 6.10 Å². The number of thioether (sulfide) groups is 1. The molecule has 0 bridgehead atoms. The van der Waals surface area contributed by atoms with Gasteiger partial charge in [-0.2, -0.15) is 11.8 Å². The molecule has 3 rings (SSSR count). The Bertz CT molecular complexity index is 431. The molecule has 1 N–H and O–H groups in total. The van der Waals surface area contributed by atoms with Gasteiger partial charge in [0.15, 0.2) is 0 Å². The summed E-state index contributed by atoms with van der Waals surface area (Å²) in [6.45, 7) is 2.75. The third kappa shape index (κ3) is 2.66. The molecule has 6 heteroatoms. The highest BCUT2D eigenvalue weighted by Gasteiger charge is 2.41. The fourth-order valence-corrected chi connectivity index (χ4v) is 4.30. The van der Waals surface area contributed by atoms with Crippen molar-refractivity contribution >= 4 is 11.8 Å². The van der Waals surface area contributed by atoms with E-state index in [1.807, 2.05) is 29.6 Å². The third-order valence-corrected chi connectivity index (χ3v) is 5.39. The van der Waals surface area contributed by atoms with Crippen molar-refractivity contribution in [1.82, 2.24) is 15.0 Å². The molecule has 1 aromatic rings. The van der Waals surface area contributed by atoms with Crippen LogP contribution in [0.2, 0.25) is 0 Å². The zero-order valence-electron chi connectivity index (χ0n) is 11.3. The van der Waals surface area contributed by atoms with E-state index in [0.29, 0.717) is 18.2 Å². The summed E-state index contributed by atoms with van der Waals surface area (Å²) in [6, 6.07) is 0.359. The smallest absolute Gasteiger partial charge is 0.111 e. The van der Waals surface area contributed by atoms with Gasteiger partial charge in [0.1, 0.15) is 5.69 Å². The second kappa shape index (κ2) is 5.42. The molecule has 1 aromatic heterocycles. The maximum atomic E-state index is 9.80. The first-order valence-electron chi connectivity index (χ1n) is 7.04. The van der Waals surface area contributed by atoms with E-state index >= 15 is 0 Å². The molecule has 1 spiro atoms. The lowest BCUT2D eigenvalue weighted by atomic mass is 9.90. The van der Waals surface area contributed by atoms with Gasteiger partial charge in [-0.3, -0.25) is 0 Å². The van der Waals surface area contributed by atoms with E-state index in [0.717, 1.165) is 31.6 Å². The van der Waals surface area contributed by atoms with E-state index in [1.165, 1.54) is 5.75 Å². The minimum Gasteiger partial charge on any atom is -0.387 e. The first-order chi connectivity index (χ1) is 9.22. The maximum Gasteiger partial charge on any atom is 0.111 e. The highest BCUT2D eigenvalue weighted by atomic mass is 32.2. The first kappa shape index (κ1) is 13.4. The second-order valence-corrected chi connectivity index (χ2v) is 6.63. The Kier molecular flexibility index (Phi) is 3.82. The van der Waals surface area contributed by atoms with Crippen LogP contribution in [0.3, 0.4) is 0 Å². The molecular formula is C13H21N3O2S. The molecule has 3 unspecified atom stereocenters. The first-order valence-corrected chi connectivity index (χ1v) is 8.19. The molecule has 2 fully saturated rings. The minimum atomic E-state index is -0.496. The van der Waals surface area contributed by atoms with Crippen LogP contribution in [0.15, 0.2) is 6.20 Å². The van der Waals surface area contributed by atoms with Crippen LogP contribution >= 0.6 is 11.8 Å². The molecule has 0 aliphatic carbocycles. The molecule has 3 heterocycles. The van der Waals surface area contributed by atoms with Crippen molar-refractivity contribution in [2.24, 2.45) is 0 Å². The highest BCUT2D eigenvalue weighted by Crippen LogP contribution is 2.41. The van der Waals surface area contributed by atoms with Crippen LogP contribution in [0, 0.1) is 0 Å². The second-order valence-electron chi connectivity index (χ2n) is 5.53. The number of hydrogen-bond acceptors (Lipinski definition) is 5. The standard InChI is InChI=1S/C13H21N3O2S/c1-2-12(17)11-8-16(15-14-11)10-3-5-18-13(7-10)4-6-19-9-13/h8,10,12,17H,2-7,9H2,1H3. The van der Waals surface area contributed by atoms with Gasteiger partial charge in [0.05, 0.1) is 23.9 Å². The number of hydrogen-bond donors (Lipinski definition) is 1. The highest BCUT2D eigenvalue weighted by molar-refractivity contribution is 7.99. The molecule has 0 saturated carbocycles. The summed E-state index contributed by atoms with van der Waals surface area (Å²) in [5, 5.41) is 18.1. The van der Waals surface area contributed by atoms with Crippen LogP contribution in [0.5, 0.6) is 0 Å². The Morgan fingerprint density at radius 2 is 2.58 bits per heavy atom. The zero-order chi connectivity index (χ0) is 13.3. The normalized spacial score (nSPS) is 32.8. The van der Waals surface area contributed by atoms with Gasteiger partial charge < -0.3 is 9.84 Å². The molecular weight excluding hydrogens is 262 g/mol. The summed E-state index contributed by atoms with van der Waals surface area (Å²) >= 11 is 1.98. The molecule has 2 aliphatic rings. The van der Waals surface area contributed by atoms with Gasteiger partial charge in [0, 0.05) is 12.4 Å². The molecule has 3 atom stereocenters. The molecule has 0 aromatic carbocycles.